The molecule has 7 aromatic rings. The molecule has 0 amide bonds. The number of fused-ring (bicyclic) bond motifs is 11. The van der Waals surface area contributed by atoms with E-state index in [1.54, 1.807) is 12.4 Å². The number of aromatic nitrogens is 6. The largest absolute Gasteiger partial charge is 0.342 e. The quantitative estimate of drug-likeness (QED) is 0.229. The van der Waals surface area contributed by atoms with Crippen LogP contribution in [-0.2, 0) is 12.8 Å². The maximum atomic E-state index is 4.98. The van der Waals surface area contributed by atoms with Crippen LogP contribution in [0.5, 0.6) is 0 Å². The molecule has 1 aliphatic carbocycles. The number of nitrogens with one attached hydrogen (secondary N) is 2. The van der Waals surface area contributed by atoms with Crippen molar-refractivity contribution in [3.8, 4) is 22.3 Å². The Balaban J connectivity index is 1.27. The lowest BCUT2D eigenvalue weighted by molar-refractivity contribution is 0.798. The van der Waals surface area contributed by atoms with Crippen LogP contribution < -0.4 is 0 Å². The van der Waals surface area contributed by atoms with Gasteiger partial charge in [0.2, 0.25) is 0 Å². The number of aryl methyl sites for hydroxylation is 2. The van der Waals surface area contributed by atoms with E-state index in [0.717, 1.165) is 68.4 Å². The second-order valence-electron chi connectivity index (χ2n) is 11.7. The molecule has 0 saturated carbocycles. The maximum absolute atomic E-state index is 4.98. The minimum absolute atomic E-state index is 0.301. The van der Waals surface area contributed by atoms with E-state index in [1.807, 2.05) is 0 Å². The molecule has 0 fully saturated rings. The molecule has 0 saturated heterocycles. The molecule has 196 valence electrons. The summed E-state index contributed by atoms with van der Waals surface area (Å²) in [6.07, 6.45) is 5.54. The molecule has 3 aromatic heterocycles. The Morgan fingerprint density at radius 3 is 2.15 bits per heavy atom. The van der Waals surface area contributed by atoms with Crippen LogP contribution in [0.25, 0.3) is 66.1 Å². The molecule has 8 rings (SSSR count). The van der Waals surface area contributed by atoms with E-state index in [0.29, 0.717) is 11.8 Å². The molecule has 40 heavy (non-hydrogen) atoms. The zero-order valence-corrected chi connectivity index (χ0v) is 23.1. The lowest BCUT2D eigenvalue weighted by Gasteiger charge is -2.21. The summed E-state index contributed by atoms with van der Waals surface area (Å²) >= 11 is 0. The van der Waals surface area contributed by atoms with Gasteiger partial charge in [0.25, 0.3) is 0 Å². The predicted molar refractivity (Wildman–Crippen MR) is 163 cm³/mol. The van der Waals surface area contributed by atoms with Gasteiger partial charge in [-0.2, -0.15) is 0 Å². The number of aromatic amines is 2. The Morgan fingerprint density at radius 2 is 1.32 bits per heavy atom. The molecule has 0 atom stereocenters. The molecule has 2 N–H and O–H groups in total. The SMILES string of the molecule is CC(C)c1nc2c3c(ccc2[nH]1)-c1ccc(-c2ccc4c(c2)c2nccnc2c2[nH]c(C(C)C)nc42)cc1CC3. The number of rotatable bonds is 3. The van der Waals surface area contributed by atoms with E-state index in [9.17, 15) is 0 Å². The summed E-state index contributed by atoms with van der Waals surface area (Å²) in [7, 11) is 0. The number of H-pyrrole nitrogens is 2. The van der Waals surface area contributed by atoms with E-state index in [-0.39, 0.29) is 0 Å². The summed E-state index contributed by atoms with van der Waals surface area (Å²) in [5, 5.41) is 2.19. The van der Waals surface area contributed by atoms with Crippen molar-refractivity contribution >= 4 is 43.9 Å². The van der Waals surface area contributed by atoms with Gasteiger partial charge in [0.15, 0.2) is 0 Å². The van der Waals surface area contributed by atoms with Gasteiger partial charge in [-0.25, -0.2) is 9.97 Å². The first-order valence-corrected chi connectivity index (χ1v) is 14.2. The highest BCUT2D eigenvalue weighted by Gasteiger charge is 2.22. The van der Waals surface area contributed by atoms with Gasteiger partial charge < -0.3 is 9.97 Å². The molecule has 6 nitrogen and oxygen atoms in total. The first-order valence-electron chi connectivity index (χ1n) is 14.2. The van der Waals surface area contributed by atoms with Gasteiger partial charge >= 0.3 is 0 Å². The fourth-order valence-electron chi connectivity index (χ4n) is 6.31. The Bertz CT molecular complexity index is 2130. The van der Waals surface area contributed by atoms with Crippen molar-refractivity contribution in [2.45, 2.75) is 52.4 Å². The molecule has 0 bridgehead atoms. The van der Waals surface area contributed by atoms with Gasteiger partial charge in [0, 0.05) is 35.0 Å². The van der Waals surface area contributed by atoms with Gasteiger partial charge in [-0.1, -0.05) is 64.1 Å². The molecule has 4 aromatic carbocycles. The second-order valence-corrected chi connectivity index (χ2v) is 11.7. The van der Waals surface area contributed by atoms with E-state index in [4.69, 9.17) is 19.9 Å². The Kier molecular flexibility index (Phi) is 4.93. The van der Waals surface area contributed by atoms with Crippen LogP contribution in [0.2, 0.25) is 0 Å². The normalized spacial score (nSPS) is 13.2. The van der Waals surface area contributed by atoms with E-state index in [1.165, 1.54) is 33.4 Å². The second kappa shape index (κ2) is 8.46. The van der Waals surface area contributed by atoms with Crippen LogP contribution in [0, 0.1) is 0 Å². The Hall–Kier alpha value is -4.58. The molecule has 1 aliphatic rings. The third kappa shape index (κ3) is 3.35. The molecular formula is C34H30N6. The van der Waals surface area contributed by atoms with Crippen LogP contribution in [-0.4, -0.2) is 29.9 Å². The zero-order chi connectivity index (χ0) is 27.1. The highest BCUT2D eigenvalue weighted by molar-refractivity contribution is 6.21. The van der Waals surface area contributed by atoms with Crippen LogP contribution in [0.1, 0.15) is 62.3 Å². The third-order valence-corrected chi connectivity index (χ3v) is 8.43. The van der Waals surface area contributed by atoms with Gasteiger partial charge in [-0.3, -0.25) is 9.97 Å². The lowest BCUT2D eigenvalue weighted by Crippen LogP contribution is -2.05. The molecule has 0 radical (unpaired) electrons. The fourth-order valence-corrected chi connectivity index (χ4v) is 6.31. The van der Waals surface area contributed by atoms with Crippen LogP contribution in [0.3, 0.4) is 0 Å². The number of benzene rings is 4. The molecule has 0 unspecified atom stereocenters. The third-order valence-electron chi connectivity index (χ3n) is 8.43. The van der Waals surface area contributed by atoms with Crippen molar-refractivity contribution in [3.63, 3.8) is 0 Å². The summed E-state index contributed by atoms with van der Waals surface area (Å²) in [5.41, 5.74) is 13.7. The van der Waals surface area contributed by atoms with Crippen molar-refractivity contribution in [2.75, 3.05) is 0 Å². The highest BCUT2D eigenvalue weighted by Crippen LogP contribution is 2.40. The molecule has 3 heterocycles. The van der Waals surface area contributed by atoms with Crippen molar-refractivity contribution < 1.29 is 0 Å². The summed E-state index contributed by atoms with van der Waals surface area (Å²) < 4.78 is 0. The van der Waals surface area contributed by atoms with Gasteiger partial charge in [0.05, 0.1) is 27.6 Å². The zero-order valence-electron chi connectivity index (χ0n) is 23.1. The lowest BCUT2D eigenvalue weighted by atomic mass is 9.83. The minimum Gasteiger partial charge on any atom is -0.342 e. The molecule has 0 spiro atoms. The molecule has 0 aliphatic heterocycles. The van der Waals surface area contributed by atoms with Gasteiger partial charge in [-0.15, -0.1) is 0 Å². The Morgan fingerprint density at radius 1 is 0.625 bits per heavy atom. The van der Waals surface area contributed by atoms with Gasteiger partial charge in [-0.05, 0) is 58.4 Å². The smallest absolute Gasteiger partial charge is 0.115 e. The number of hydrogen-bond donors (Lipinski definition) is 2. The summed E-state index contributed by atoms with van der Waals surface area (Å²) in [6.45, 7) is 8.67. The van der Waals surface area contributed by atoms with E-state index >= 15 is 0 Å². The first-order chi connectivity index (χ1) is 19.5. The summed E-state index contributed by atoms with van der Waals surface area (Å²) in [6, 6.07) is 18.0. The minimum atomic E-state index is 0.301. The standard InChI is InChI=1S/C34H30N6/c1-17(2)33-37-27-12-11-23-22-8-5-19(15-21(22)7-10-24(23)28(27)38-33)20-6-9-25-26(16-20)29-31(36-14-13-35-29)32-30(25)39-34(40-32)18(3)4/h5-6,8-9,11-18H,7,10H2,1-4H3,(H,37,38)(H,39,40). The van der Waals surface area contributed by atoms with Crippen molar-refractivity contribution in [3.05, 3.63) is 83.7 Å². The van der Waals surface area contributed by atoms with Crippen LogP contribution >= 0.6 is 0 Å². The molecule has 6 heteroatoms. The Labute approximate surface area is 231 Å². The maximum Gasteiger partial charge on any atom is 0.115 e. The van der Waals surface area contributed by atoms with Crippen molar-refractivity contribution in [2.24, 2.45) is 0 Å². The predicted octanol–water partition coefficient (Wildman–Crippen LogP) is 8.22. The summed E-state index contributed by atoms with van der Waals surface area (Å²) in [4.78, 5) is 26.5. The number of imidazole rings is 2. The fraction of sp³-hybridized carbons (Fsp3) is 0.235. The highest BCUT2D eigenvalue weighted by atomic mass is 14.9. The van der Waals surface area contributed by atoms with Crippen LogP contribution in [0.4, 0.5) is 0 Å². The number of hydrogen-bond acceptors (Lipinski definition) is 4. The topological polar surface area (TPSA) is 83.1 Å². The van der Waals surface area contributed by atoms with E-state index < -0.39 is 0 Å². The van der Waals surface area contributed by atoms with Crippen molar-refractivity contribution in [1.82, 2.24) is 29.9 Å². The summed E-state index contributed by atoms with van der Waals surface area (Å²) in [5.74, 6) is 2.72. The average Bonchev–Trinajstić information content (AvgIpc) is 3.63. The van der Waals surface area contributed by atoms with Crippen LogP contribution in [0.15, 0.2) is 60.9 Å². The van der Waals surface area contributed by atoms with Gasteiger partial charge in [0.1, 0.15) is 17.2 Å². The molecular weight excluding hydrogens is 492 g/mol. The number of nitrogens with zero attached hydrogens (tertiary/aromatic N) is 4. The monoisotopic (exact) mass is 522 g/mol. The van der Waals surface area contributed by atoms with Crippen molar-refractivity contribution in [1.29, 1.82) is 0 Å². The average molecular weight is 523 g/mol. The van der Waals surface area contributed by atoms with E-state index in [2.05, 4.69) is 86.2 Å². The first kappa shape index (κ1) is 23.3.